The molecule has 3 rings (SSSR count). The van der Waals surface area contributed by atoms with Gasteiger partial charge in [-0.1, -0.05) is 6.07 Å². The predicted molar refractivity (Wildman–Crippen MR) is 104 cm³/mol. The minimum Gasteiger partial charge on any atom is -0.459 e. The fourth-order valence-electron chi connectivity index (χ4n) is 2.78. The summed E-state index contributed by atoms with van der Waals surface area (Å²) in [5, 5.41) is 3.35. The molecule has 6 heteroatoms. The van der Waals surface area contributed by atoms with Crippen LogP contribution in [0.2, 0.25) is 0 Å². The van der Waals surface area contributed by atoms with E-state index in [1.165, 1.54) is 17.6 Å². The molecule has 2 heterocycles. The molecule has 0 unspecified atom stereocenters. The molecule has 0 atom stereocenters. The van der Waals surface area contributed by atoms with Crippen LogP contribution < -0.4 is 10.2 Å². The Hall–Kier alpha value is -2.86. The highest BCUT2D eigenvalue weighted by molar-refractivity contribution is 7.18. The molecule has 1 N–H and O–H groups in total. The van der Waals surface area contributed by atoms with Crippen LogP contribution in [0.1, 0.15) is 38.3 Å². The van der Waals surface area contributed by atoms with E-state index in [1.54, 1.807) is 29.2 Å². The summed E-state index contributed by atoms with van der Waals surface area (Å²) in [6.45, 7) is 6.54. The Balaban J connectivity index is 1.78. The first-order chi connectivity index (χ1) is 12.5. The van der Waals surface area contributed by atoms with Crippen LogP contribution in [0.4, 0.5) is 10.7 Å². The van der Waals surface area contributed by atoms with Crippen molar-refractivity contribution in [3.05, 3.63) is 70.5 Å². The summed E-state index contributed by atoms with van der Waals surface area (Å²) in [5.74, 6) is -0.185. The molecule has 2 aromatic heterocycles. The van der Waals surface area contributed by atoms with Gasteiger partial charge in [0.05, 0.1) is 16.1 Å². The number of nitrogens with zero attached hydrogens (tertiary/aromatic N) is 1. The zero-order valence-corrected chi connectivity index (χ0v) is 15.7. The van der Waals surface area contributed by atoms with Crippen LogP contribution >= 0.6 is 11.3 Å². The van der Waals surface area contributed by atoms with Crippen LogP contribution in [0.5, 0.6) is 0 Å². The lowest BCUT2D eigenvalue weighted by Crippen LogP contribution is -2.30. The van der Waals surface area contributed by atoms with Crippen molar-refractivity contribution >= 4 is 33.8 Å². The number of anilines is 2. The van der Waals surface area contributed by atoms with Crippen LogP contribution in [0.3, 0.4) is 0 Å². The second-order valence-electron chi connectivity index (χ2n) is 5.99. The van der Waals surface area contributed by atoms with Crippen molar-refractivity contribution in [1.82, 2.24) is 0 Å². The smallest absolute Gasteiger partial charge is 0.291 e. The Morgan fingerprint density at radius 3 is 2.46 bits per heavy atom. The molecule has 0 fully saturated rings. The quantitative estimate of drug-likeness (QED) is 0.698. The first-order valence-corrected chi connectivity index (χ1v) is 9.14. The molecule has 0 radical (unpaired) electrons. The molecule has 0 saturated heterocycles. The van der Waals surface area contributed by atoms with Crippen LogP contribution in [0.25, 0.3) is 0 Å². The van der Waals surface area contributed by atoms with E-state index < -0.39 is 0 Å². The number of aryl methyl sites for hydroxylation is 2. The Morgan fingerprint density at radius 1 is 1.12 bits per heavy atom. The zero-order chi connectivity index (χ0) is 18.7. The highest BCUT2D eigenvalue weighted by Gasteiger charge is 2.19. The molecule has 26 heavy (non-hydrogen) atoms. The highest BCUT2D eigenvalue weighted by atomic mass is 32.1. The maximum absolute atomic E-state index is 12.9. The van der Waals surface area contributed by atoms with Gasteiger partial charge in [0.2, 0.25) is 0 Å². The maximum Gasteiger partial charge on any atom is 0.291 e. The van der Waals surface area contributed by atoms with Crippen LogP contribution in [0, 0.1) is 13.8 Å². The van der Waals surface area contributed by atoms with E-state index in [0.29, 0.717) is 16.4 Å². The lowest BCUT2D eigenvalue weighted by Gasteiger charge is -2.21. The molecule has 0 saturated carbocycles. The van der Waals surface area contributed by atoms with Gasteiger partial charge in [-0.3, -0.25) is 9.59 Å². The van der Waals surface area contributed by atoms with Crippen LogP contribution in [0.15, 0.2) is 53.1 Å². The third-order valence-electron chi connectivity index (χ3n) is 3.88. The van der Waals surface area contributed by atoms with Crippen LogP contribution in [-0.2, 0) is 0 Å². The first-order valence-electron chi connectivity index (χ1n) is 8.32. The Bertz CT molecular complexity index is 908. The number of hydrogen-bond donors (Lipinski definition) is 1. The van der Waals surface area contributed by atoms with Crippen molar-refractivity contribution in [3.63, 3.8) is 0 Å². The highest BCUT2D eigenvalue weighted by Crippen LogP contribution is 2.27. The number of amides is 2. The summed E-state index contributed by atoms with van der Waals surface area (Å²) >= 11 is 1.25. The van der Waals surface area contributed by atoms with Gasteiger partial charge in [-0.2, -0.15) is 0 Å². The number of thiophene rings is 1. The number of rotatable bonds is 5. The average Bonchev–Trinajstić information content (AvgIpc) is 3.26. The molecule has 0 aliphatic heterocycles. The standard InChI is InChI=1S/C20H20N2O3S/c1-4-22(15-11-13(2)10-14(3)12-15)20(24)17-7-8-18(26-17)21-19(23)16-6-5-9-25-16/h5-12H,4H2,1-3H3,(H,21,23). The topological polar surface area (TPSA) is 62.6 Å². The van der Waals surface area contributed by atoms with Gasteiger partial charge in [0, 0.05) is 12.2 Å². The molecular weight excluding hydrogens is 348 g/mol. The van der Waals surface area contributed by atoms with Gasteiger partial charge >= 0.3 is 0 Å². The summed E-state index contributed by atoms with van der Waals surface area (Å²) < 4.78 is 5.08. The molecule has 2 amide bonds. The van der Waals surface area contributed by atoms with Gasteiger partial charge in [0.15, 0.2) is 5.76 Å². The number of hydrogen-bond acceptors (Lipinski definition) is 4. The molecule has 134 valence electrons. The van der Waals surface area contributed by atoms with Gasteiger partial charge in [-0.25, -0.2) is 0 Å². The summed E-state index contributed by atoms with van der Waals surface area (Å²) in [5.41, 5.74) is 3.11. The molecule has 1 aromatic carbocycles. The summed E-state index contributed by atoms with van der Waals surface area (Å²) in [7, 11) is 0. The third-order valence-corrected chi connectivity index (χ3v) is 4.87. The lowest BCUT2D eigenvalue weighted by atomic mass is 10.1. The number of nitrogens with one attached hydrogen (secondary N) is 1. The summed E-state index contributed by atoms with van der Waals surface area (Å²) in [6.07, 6.45) is 1.45. The molecule has 3 aromatic rings. The molecule has 0 spiro atoms. The predicted octanol–water partition coefficient (Wildman–Crippen LogP) is 4.88. The Labute approximate surface area is 156 Å². The molecule has 0 aliphatic rings. The van der Waals surface area contributed by atoms with Crippen molar-refractivity contribution in [2.75, 3.05) is 16.8 Å². The summed E-state index contributed by atoms with van der Waals surface area (Å²) in [6, 6.07) is 12.8. The number of benzene rings is 1. The normalized spacial score (nSPS) is 10.6. The van der Waals surface area contributed by atoms with Crippen LogP contribution in [-0.4, -0.2) is 18.4 Å². The van der Waals surface area contributed by atoms with Gasteiger partial charge in [-0.15, -0.1) is 11.3 Å². The number of carbonyl (C=O) groups excluding carboxylic acids is 2. The van der Waals surface area contributed by atoms with Gasteiger partial charge in [-0.05, 0) is 68.3 Å². The van der Waals surface area contributed by atoms with E-state index in [4.69, 9.17) is 4.42 Å². The first kappa shape index (κ1) is 17.9. The average molecular weight is 368 g/mol. The van der Waals surface area contributed by atoms with E-state index in [-0.39, 0.29) is 17.6 Å². The van der Waals surface area contributed by atoms with E-state index in [2.05, 4.69) is 11.4 Å². The fraction of sp³-hybridized carbons (Fsp3) is 0.200. The fourth-order valence-corrected chi connectivity index (χ4v) is 3.63. The minimum absolute atomic E-state index is 0.0824. The van der Waals surface area contributed by atoms with Crippen molar-refractivity contribution in [3.8, 4) is 0 Å². The van der Waals surface area contributed by atoms with E-state index >= 15 is 0 Å². The van der Waals surface area contributed by atoms with E-state index in [9.17, 15) is 9.59 Å². The molecular formula is C20H20N2O3S. The van der Waals surface area contributed by atoms with Crippen molar-refractivity contribution in [2.45, 2.75) is 20.8 Å². The molecule has 0 aliphatic carbocycles. The monoisotopic (exact) mass is 368 g/mol. The lowest BCUT2D eigenvalue weighted by molar-refractivity contribution is 0.0986. The zero-order valence-electron chi connectivity index (χ0n) is 14.9. The second kappa shape index (κ2) is 7.58. The van der Waals surface area contributed by atoms with Crippen molar-refractivity contribution < 1.29 is 14.0 Å². The number of furan rings is 1. The Kier molecular flexibility index (Phi) is 5.23. The third kappa shape index (κ3) is 3.86. The minimum atomic E-state index is -0.336. The van der Waals surface area contributed by atoms with Gasteiger partial charge in [0.1, 0.15) is 0 Å². The Morgan fingerprint density at radius 2 is 1.85 bits per heavy atom. The van der Waals surface area contributed by atoms with Crippen molar-refractivity contribution in [2.24, 2.45) is 0 Å². The summed E-state index contributed by atoms with van der Waals surface area (Å²) in [4.78, 5) is 27.3. The maximum atomic E-state index is 12.9. The molecule has 0 bridgehead atoms. The van der Waals surface area contributed by atoms with Gasteiger partial charge in [0.25, 0.3) is 11.8 Å². The second-order valence-corrected chi connectivity index (χ2v) is 7.07. The largest absolute Gasteiger partial charge is 0.459 e. The van der Waals surface area contributed by atoms with E-state index in [0.717, 1.165) is 16.8 Å². The SMILES string of the molecule is CCN(C(=O)c1ccc(NC(=O)c2ccco2)s1)c1cc(C)cc(C)c1. The van der Waals surface area contributed by atoms with Gasteiger partial charge < -0.3 is 14.6 Å². The molecule has 5 nitrogen and oxygen atoms in total. The number of carbonyl (C=O) groups is 2. The van der Waals surface area contributed by atoms with E-state index in [1.807, 2.05) is 32.9 Å². The van der Waals surface area contributed by atoms with Crippen molar-refractivity contribution in [1.29, 1.82) is 0 Å².